The lowest BCUT2D eigenvalue weighted by Gasteiger charge is -2.06. The van der Waals surface area contributed by atoms with Crippen molar-refractivity contribution in [2.75, 3.05) is 17.8 Å². The summed E-state index contributed by atoms with van der Waals surface area (Å²) in [4.78, 5) is 23.2. The van der Waals surface area contributed by atoms with Crippen molar-refractivity contribution in [3.8, 4) is 0 Å². The molecule has 0 saturated carbocycles. The monoisotopic (exact) mass is 294 g/mol. The SMILES string of the molecule is CCOC(=O)c1sc(=S)n(C)c1NC(=O)CCl. The minimum absolute atomic E-state index is 0.190. The zero-order valence-electron chi connectivity index (χ0n) is 9.28. The maximum Gasteiger partial charge on any atom is 0.352 e. The molecule has 0 spiro atoms. The maximum absolute atomic E-state index is 11.6. The molecular formula is C9H11ClN2O3S2. The van der Waals surface area contributed by atoms with Crippen LogP contribution in [0.3, 0.4) is 0 Å². The summed E-state index contributed by atoms with van der Waals surface area (Å²) in [5.74, 6) is -0.774. The molecule has 0 saturated heterocycles. The van der Waals surface area contributed by atoms with E-state index < -0.39 is 11.9 Å². The first-order chi connectivity index (χ1) is 8.01. The van der Waals surface area contributed by atoms with Crippen molar-refractivity contribution in [3.05, 3.63) is 8.83 Å². The van der Waals surface area contributed by atoms with Crippen LogP contribution in [0.4, 0.5) is 5.82 Å². The number of anilines is 1. The van der Waals surface area contributed by atoms with Gasteiger partial charge in [0.05, 0.1) is 6.61 Å². The van der Waals surface area contributed by atoms with Crippen LogP contribution in [-0.4, -0.2) is 28.9 Å². The molecular weight excluding hydrogens is 284 g/mol. The van der Waals surface area contributed by atoms with Gasteiger partial charge in [-0.15, -0.1) is 11.6 Å². The molecule has 0 aliphatic rings. The van der Waals surface area contributed by atoms with Crippen LogP contribution >= 0.6 is 35.2 Å². The van der Waals surface area contributed by atoms with Gasteiger partial charge in [-0.05, 0) is 19.1 Å². The highest BCUT2D eigenvalue weighted by Crippen LogP contribution is 2.24. The Balaban J connectivity index is 3.13. The summed E-state index contributed by atoms with van der Waals surface area (Å²) in [7, 11) is 1.66. The molecule has 0 aliphatic heterocycles. The van der Waals surface area contributed by atoms with E-state index in [0.29, 0.717) is 9.77 Å². The van der Waals surface area contributed by atoms with Crippen LogP contribution in [0.5, 0.6) is 0 Å². The Morgan fingerprint density at radius 1 is 1.59 bits per heavy atom. The standard InChI is InChI=1S/C9H11ClN2O3S2/c1-3-15-8(14)6-7(11-5(13)4-10)12(2)9(16)17-6/h3-4H2,1-2H3,(H,11,13). The highest BCUT2D eigenvalue weighted by atomic mass is 35.5. The number of hydrogen-bond donors (Lipinski definition) is 1. The van der Waals surface area contributed by atoms with Gasteiger partial charge >= 0.3 is 5.97 Å². The Hall–Kier alpha value is -0.920. The minimum atomic E-state index is -0.505. The molecule has 0 radical (unpaired) electrons. The van der Waals surface area contributed by atoms with E-state index in [2.05, 4.69) is 5.32 Å². The second-order valence-electron chi connectivity index (χ2n) is 3.01. The first-order valence-corrected chi connectivity index (χ1v) is 6.50. The summed E-state index contributed by atoms with van der Waals surface area (Å²) in [6.45, 7) is 1.97. The number of carbonyl (C=O) groups excluding carboxylic acids is 2. The third kappa shape index (κ3) is 3.27. The molecule has 1 heterocycles. The van der Waals surface area contributed by atoms with Gasteiger partial charge in [-0.25, -0.2) is 4.79 Å². The van der Waals surface area contributed by atoms with E-state index in [9.17, 15) is 9.59 Å². The fourth-order valence-electron chi connectivity index (χ4n) is 1.09. The lowest BCUT2D eigenvalue weighted by molar-refractivity contribution is -0.114. The highest BCUT2D eigenvalue weighted by Gasteiger charge is 2.20. The van der Waals surface area contributed by atoms with E-state index >= 15 is 0 Å². The number of carbonyl (C=O) groups is 2. The lowest BCUT2D eigenvalue weighted by atomic mass is 10.4. The molecule has 1 N–H and O–H groups in total. The highest BCUT2D eigenvalue weighted by molar-refractivity contribution is 7.73. The number of aromatic nitrogens is 1. The van der Waals surface area contributed by atoms with Gasteiger partial charge < -0.3 is 14.6 Å². The van der Waals surface area contributed by atoms with Gasteiger partial charge in [0.2, 0.25) is 5.91 Å². The largest absolute Gasteiger partial charge is 0.462 e. The quantitative estimate of drug-likeness (QED) is 0.525. The predicted molar refractivity (Wildman–Crippen MR) is 69.4 cm³/mol. The van der Waals surface area contributed by atoms with Crippen molar-refractivity contribution in [2.45, 2.75) is 6.92 Å². The molecule has 0 aromatic carbocycles. The molecule has 5 nitrogen and oxygen atoms in total. The van der Waals surface area contributed by atoms with Gasteiger partial charge in [-0.3, -0.25) is 4.79 Å². The normalized spacial score (nSPS) is 10.1. The molecule has 1 amide bonds. The number of amides is 1. The van der Waals surface area contributed by atoms with Gasteiger partial charge in [0.25, 0.3) is 0 Å². The molecule has 0 aliphatic carbocycles. The van der Waals surface area contributed by atoms with Crippen LogP contribution in [0, 0.1) is 3.95 Å². The van der Waals surface area contributed by atoms with E-state index in [0.717, 1.165) is 11.3 Å². The summed E-state index contributed by atoms with van der Waals surface area (Å²) in [6, 6.07) is 0. The number of ether oxygens (including phenoxy) is 1. The number of esters is 1. The Labute approximate surface area is 112 Å². The number of hydrogen-bond acceptors (Lipinski definition) is 5. The van der Waals surface area contributed by atoms with E-state index in [1.807, 2.05) is 0 Å². The van der Waals surface area contributed by atoms with Gasteiger partial charge in [0.1, 0.15) is 11.7 Å². The molecule has 0 bridgehead atoms. The van der Waals surface area contributed by atoms with Crippen molar-refractivity contribution >= 4 is 52.8 Å². The Morgan fingerprint density at radius 2 is 2.24 bits per heavy atom. The number of alkyl halides is 1. The number of thiazole rings is 1. The van der Waals surface area contributed by atoms with Crippen molar-refractivity contribution in [1.82, 2.24) is 4.57 Å². The van der Waals surface area contributed by atoms with Crippen LogP contribution < -0.4 is 5.32 Å². The summed E-state index contributed by atoms with van der Waals surface area (Å²) in [5, 5.41) is 2.52. The van der Waals surface area contributed by atoms with Crippen LogP contribution in [0.15, 0.2) is 0 Å². The fraction of sp³-hybridized carbons (Fsp3) is 0.444. The van der Waals surface area contributed by atoms with Gasteiger partial charge in [0.15, 0.2) is 8.83 Å². The zero-order chi connectivity index (χ0) is 13.0. The van der Waals surface area contributed by atoms with Gasteiger partial charge in [-0.2, -0.15) is 0 Å². The van der Waals surface area contributed by atoms with E-state index in [4.69, 9.17) is 28.6 Å². The number of nitrogens with zero attached hydrogens (tertiary/aromatic N) is 1. The molecule has 8 heteroatoms. The first-order valence-electron chi connectivity index (χ1n) is 4.74. The van der Waals surface area contributed by atoms with Crippen molar-refractivity contribution in [1.29, 1.82) is 0 Å². The average molecular weight is 295 g/mol. The van der Waals surface area contributed by atoms with Crippen LogP contribution in [-0.2, 0) is 16.6 Å². The Kier molecular flexibility index (Phi) is 5.10. The third-order valence-corrected chi connectivity index (χ3v) is 3.63. The average Bonchev–Trinajstić information content (AvgIpc) is 2.57. The van der Waals surface area contributed by atoms with Gasteiger partial charge in [0, 0.05) is 7.05 Å². The molecule has 0 fully saturated rings. The molecule has 1 rings (SSSR count). The van der Waals surface area contributed by atoms with Crippen LogP contribution in [0.25, 0.3) is 0 Å². The smallest absolute Gasteiger partial charge is 0.352 e. The molecule has 17 heavy (non-hydrogen) atoms. The van der Waals surface area contributed by atoms with Crippen LogP contribution in [0.1, 0.15) is 16.6 Å². The van der Waals surface area contributed by atoms with Crippen molar-refractivity contribution in [3.63, 3.8) is 0 Å². The Bertz CT molecular complexity index is 495. The van der Waals surface area contributed by atoms with Crippen LogP contribution in [0.2, 0.25) is 0 Å². The lowest BCUT2D eigenvalue weighted by Crippen LogP contribution is -2.17. The second-order valence-corrected chi connectivity index (χ2v) is 4.92. The molecule has 94 valence electrons. The molecule has 0 atom stereocenters. The number of halogens is 1. The number of nitrogens with one attached hydrogen (secondary N) is 1. The van der Waals surface area contributed by atoms with Crippen molar-refractivity contribution < 1.29 is 14.3 Å². The summed E-state index contributed by atoms with van der Waals surface area (Å²) in [6.07, 6.45) is 0. The zero-order valence-corrected chi connectivity index (χ0v) is 11.7. The summed E-state index contributed by atoms with van der Waals surface area (Å²) < 4.78 is 6.89. The minimum Gasteiger partial charge on any atom is -0.462 e. The molecule has 0 unspecified atom stereocenters. The van der Waals surface area contributed by atoms with E-state index in [-0.39, 0.29) is 17.4 Å². The topological polar surface area (TPSA) is 60.3 Å². The van der Waals surface area contributed by atoms with E-state index in [1.54, 1.807) is 14.0 Å². The molecule has 1 aromatic rings. The predicted octanol–water partition coefficient (Wildman–Crippen LogP) is 2.17. The number of rotatable bonds is 4. The second kappa shape index (κ2) is 6.13. The summed E-state index contributed by atoms with van der Waals surface area (Å²) in [5.41, 5.74) is 0. The van der Waals surface area contributed by atoms with Gasteiger partial charge in [-0.1, -0.05) is 11.3 Å². The molecule has 1 aromatic heterocycles. The fourth-order valence-corrected chi connectivity index (χ4v) is 2.33. The summed E-state index contributed by atoms with van der Waals surface area (Å²) >= 11 is 11.5. The Morgan fingerprint density at radius 3 is 2.76 bits per heavy atom. The maximum atomic E-state index is 11.6. The third-order valence-electron chi connectivity index (χ3n) is 1.85. The first kappa shape index (κ1) is 14.1. The van der Waals surface area contributed by atoms with E-state index in [1.165, 1.54) is 4.57 Å². The van der Waals surface area contributed by atoms with Crippen molar-refractivity contribution in [2.24, 2.45) is 7.05 Å².